The Labute approximate surface area is 171 Å². The van der Waals surface area contributed by atoms with Crippen LogP contribution < -0.4 is 21.5 Å². The number of aliphatic hydroxyl groups is 1. The number of hydrogen-bond acceptors (Lipinski definition) is 7. The molecule has 0 aromatic heterocycles. The summed E-state index contributed by atoms with van der Waals surface area (Å²) in [6.07, 6.45) is -1.19. The van der Waals surface area contributed by atoms with Crippen molar-refractivity contribution in [2.24, 2.45) is 10.2 Å². The Morgan fingerprint density at radius 3 is 2.03 bits per heavy atom. The number of carbonyl (C=O) groups is 3. The minimum atomic E-state index is -1.15. The molecule has 2 aliphatic heterocycles. The Balaban J connectivity index is 1.30. The molecule has 0 saturated carbocycles. The van der Waals surface area contributed by atoms with Crippen molar-refractivity contribution in [2.75, 3.05) is 10.6 Å². The molecule has 10 heteroatoms. The first-order valence-corrected chi connectivity index (χ1v) is 9.22. The van der Waals surface area contributed by atoms with E-state index in [0.29, 0.717) is 22.5 Å². The van der Waals surface area contributed by atoms with Crippen LogP contribution in [0.2, 0.25) is 0 Å². The van der Waals surface area contributed by atoms with E-state index in [9.17, 15) is 19.5 Å². The van der Waals surface area contributed by atoms with Crippen molar-refractivity contribution >= 4 is 40.5 Å². The smallest absolute Gasteiger partial charge is 0.276 e. The molecule has 0 radical (unpaired) electrons. The maximum atomic E-state index is 12.0. The van der Waals surface area contributed by atoms with E-state index in [0.717, 1.165) is 0 Å². The number of hydrazone groups is 2. The number of rotatable bonds is 6. The highest BCUT2D eigenvalue weighted by Gasteiger charge is 2.26. The summed E-state index contributed by atoms with van der Waals surface area (Å²) < 4.78 is 0. The predicted octanol–water partition coefficient (Wildman–Crippen LogP) is 0.504. The van der Waals surface area contributed by atoms with Crippen LogP contribution in [0.4, 0.5) is 11.4 Å². The van der Waals surface area contributed by atoms with Gasteiger partial charge in [0, 0.05) is 24.0 Å². The van der Waals surface area contributed by atoms with Crippen LogP contribution in [0, 0.1) is 0 Å². The van der Waals surface area contributed by atoms with E-state index < -0.39 is 18.0 Å². The summed E-state index contributed by atoms with van der Waals surface area (Å²) in [5.41, 5.74) is 7.58. The fraction of sp³-hybridized carbons (Fsp3) is 0.150. The summed E-state index contributed by atoms with van der Waals surface area (Å²) in [7, 11) is 0. The van der Waals surface area contributed by atoms with Crippen molar-refractivity contribution in [1.82, 2.24) is 10.9 Å². The number of benzene rings is 2. The average molecular weight is 406 g/mol. The van der Waals surface area contributed by atoms with Crippen molar-refractivity contribution in [3.8, 4) is 0 Å². The Hall–Kier alpha value is -4.05. The van der Waals surface area contributed by atoms with Crippen LogP contribution in [0.15, 0.2) is 58.7 Å². The number of nitrogens with one attached hydrogen (secondary N) is 4. The highest BCUT2D eigenvalue weighted by Crippen LogP contribution is 2.23. The molecule has 3 amide bonds. The second-order valence-corrected chi connectivity index (χ2v) is 6.64. The van der Waals surface area contributed by atoms with Crippen LogP contribution in [0.25, 0.3) is 0 Å². The van der Waals surface area contributed by atoms with Gasteiger partial charge in [-0.3, -0.25) is 19.8 Å². The zero-order valence-electron chi connectivity index (χ0n) is 15.7. The molecular formula is C20H18N6O4. The van der Waals surface area contributed by atoms with Crippen LogP contribution in [0.1, 0.15) is 24.0 Å². The fourth-order valence-electron chi connectivity index (χ4n) is 3.07. The van der Waals surface area contributed by atoms with Crippen molar-refractivity contribution in [3.05, 3.63) is 59.7 Å². The molecule has 2 aromatic carbocycles. The third-order valence-corrected chi connectivity index (χ3v) is 4.55. The van der Waals surface area contributed by atoms with Gasteiger partial charge in [-0.25, -0.2) is 5.43 Å². The maximum Gasteiger partial charge on any atom is 0.276 e. The normalized spacial score (nSPS) is 17.9. The molecule has 0 saturated heterocycles. The van der Waals surface area contributed by atoms with Gasteiger partial charge < -0.3 is 15.7 Å². The Morgan fingerprint density at radius 2 is 1.43 bits per heavy atom. The first-order chi connectivity index (χ1) is 14.5. The summed E-state index contributed by atoms with van der Waals surface area (Å²) in [6.45, 7) is 0. The van der Waals surface area contributed by atoms with Gasteiger partial charge in [-0.15, -0.1) is 0 Å². The number of fused-ring (bicyclic) bond motifs is 2. The Bertz CT molecular complexity index is 1090. The van der Waals surface area contributed by atoms with E-state index in [1.54, 1.807) is 48.5 Å². The van der Waals surface area contributed by atoms with Crippen molar-refractivity contribution in [3.63, 3.8) is 0 Å². The molecule has 0 fully saturated rings. The van der Waals surface area contributed by atoms with Crippen molar-refractivity contribution < 1.29 is 19.5 Å². The van der Waals surface area contributed by atoms with Gasteiger partial charge in [-0.1, -0.05) is 36.4 Å². The molecule has 0 aliphatic carbocycles. The fourth-order valence-corrected chi connectivity index (χ4v) is 3.07. The van der Waals surface area contributed by atoms with E-state index in [1.807, 2.05) is 0 Å². The van der Waals surface area contributed by atoms with Gasteiger partial charge in [0.15, 0.2) is 11.4 Å². The molecule has 2 aromatic rings. The number of carbonyl (C=O) groups excluding carboxylic acids is 3. The standard InChI is InChI=1S/C20H18N6O4/c27-15(23-25-17-11-5-1-3-7-13(11)21-19(17)29)9-10-16(28)24-26-18-12-6-2-4-8-14(12)22-20(18)30/h1-8,15,23,27H,9-10H2,(H,24,28)(H,21,25,29)(H,22,26,30). The van der Waals surface area contributed by atoms with E-state index in [4.69, 9.17) is 0 Å². The first-order valence-electron chi connectivity index (χ1n) is 9.22. The summed E-state index contributed by atoms with van der Waals surface area (Å²) in [6, 6.07) is 14.1. The largest absolute Gasteiger partial charge is 0.372 e. The second-order valence-electron chi connectivity index (χ2n) is 6.64. The molecule has 5 N–H and O–H groups in total. The zero-order valence-corrected chi connectivity index (χ0v) is 15.7. The lowest BCUT2D eigenvalue weighted by Gasteiger charge is -2.10. The summed E-state index contributed by atoms with van der Waals surface area (Å²) in [5, 5.41) is 23.2. The van der Waals surface area contributed by atoms with Gasteiger partial charge in [-0.2, -0.15) is 10.2 Å². The van der Waals surface area contributed by atoms with E-state index >= 15 is 0 Å². The molecule has 30 heavy (non-hydrogen) atoms. The first kappa shape index (κ1) is 19.3. The lowest BCUT2D eigenvalue weighted by atomic mass is 10.1. The highest BCUT2D eigenvalue weighted by atomic mass is 16.3. The quantitative estimate of drug-likeness (QED) is 0.351. The third-order valence-electron chi connectivity index (χ3n) is 4.55. The zero-order chi connectivity index (χ0) is 21.1. The van der Waals surface area contributed by atoms with Crippen LogP contribution >= 0.6 is 0 Å². The van der Waals surface area contributed by atoms with Gasteiger partial charge in [0.1, 0.15) is 6.23 Å². The molecule has 2 heterocycles. The van der Waals surface area contributed by atoms with E-state index in [2.05, 4.69) is 31.7 Å². The number of amides is 3. The Morgan fingerprint density at radius 1 is 0.900 bits per heavy atom. The molecule has 10 nitrogen and oxygen atoms in total. The van der Waals surface area contributed by atoms with Crippen LogP contribution in [-0.4, -0.2) is 40.5 Å². The molecule has 1 unspecified atom stereocenters. The van der Waals surface area contributed by atoms with Crippen molar-refractivity contribution in [2.45, 2.75) is 19.1 Å². The van der Waals surface area contributed by atoms with Gasteiger partial charge in [-0.05, 0) is 12.1 Å². The van der Waals surface area contributed by atoms with Crippen LogP contribution in [0.5, 0.6) is 0 Å². The number of hydrogen-bond donors (Lipinski definition) is 5. The van der Waals surface area contributed by atoms with Gasteiger partial charge in [0.05, 0.1) is 11.4 Å². The van der Waals surface area contributed by atoms with Crippen LogP contribution in [0.3, 0.4) is 0 Å². The molecular weight excluding hydrogens is 388 g/mol. The summed E-state index contributed by atoms with van der Waals surface area (Å²) in [5.74, 6) is -1.25. The lowest BCUT2D eigenvalue weighted by Crippen LogP contribution is -2.30. The SMILES string of the molecule is O=C(CCC(O)N/N=C1/C(=O)Nc2ccccc21)N/N=C1/C(=O)Nc2ccccc21. The van der Waals surface area contributed by atoms with Crippen molar-refractivity contribution in [1.29, 1.82) is 0 Å². The third kappa shape index (κ3) is 3.89. The molecule has 152 valence electrons. The molecule has 0 bridgehead atoms. The average Bonchev–Trinajstić information content (AvgIpc) is 3.24. The highest BCUT2D eigenvalue weighted by molar-refractivity contribution is 6.54. The summed E-state index contributed by atoms with van der Waals surface area (Å²) >= 11 is 0. The molecule has 2 aliphatic rings. The predicted molar refractivity (Wildman–Crippen MR) is 110 cm³/mol. The van der Waals surface area contributed by atoms with Crippen LogP contribution in [-0.2, 0) is 14.4 Å². The number of nitrogens with zero attached hydrogens (tertiary/aromatic N) is 2. The number of para-hydroxylation sites is 2. The van der Waals surface area contributed by atoms with Gasteiger partial charge >= 0.3 is 0 Å². The number of anilines is 2. The van der Waals surface area contributed by atoms with Gasteiger partial charge in [0.25, 0.3) is 11.8 Å². The van der Waals surface area contributed by atoms with E-state index in [1.165, 1.54) is 0 Å². The molecule has 4 rings (SSSR count). The number of aliphatic hydroxyl groups excluding tert-OH is 1. The lowest BCUT2D eigenvalue weighted by molar-refractivity contribution is -0.121. The van der Waals surface area contributed by atoms with E-state index in [-0.39, 0.29) is 30.2 Å². The summed E-state index contributed by atoms with van der Waals surface area (Å²) in [4.78, 5) is 35.9. The monoisotopic (exact) mass is 406 g/mol. The maximum absolute atomic E-state index is 12.0. The van der Waals surface area contributed by atoms with Gasteiger partial charge in [0.2, 0.25) is 5.91 Å². The second kappa shape index (κ2) is 8.13. The molecule has 0 spiro atoms. The molecule has 1 atom stereocenters. The minimum absolute atomic E-state index is 0.0273. The topological polar surface area (TPSA) is 144 Å². The Kier molecular flexibility index (Phi) is 5.22. The minimum Gasteiger partial charge on any atom is -0.372 e.